The number of carbonyl (C=O) groups is 3. The molecule has 316 valence electrons. The summed E-state index contributed by atoms with van der Waals surface area (Å²) in [6.07, 6.45) is 13.4. The molecule has 2 aliphatic carbocycles. The molecule has 2 aliphatic heterocycles. The van der Waals surface area contributed by atoms with E-state index in [9.17, 15) is 27.6 Å². The molecule has 12 heteroatoms. The number of alkyl halides is 3. The molecule has 1 unspecified atom stereocenters. The van der Waals surface area contributed by atoms with E-state index in [-0.39, 0.29) is 25.0 Å². The predicted octanol–water partition coefficient (Wildman–Crippen LogP) is 9.95. The number of allylic oxidation sites excluding steroid dienone is 2. The fourth-order valence-electron chi connectivity index (χ4n) is 9.56. The van der Waals surface area contributed by atoms with Crippen LogP contribution in [0.1, 0.15) is 132 Å². The summed E-state index contributed by atoms with van der Waals surface area (Å²) in [7, 11) is 3.26. The Morgan fingerprint density at radius 1 is 0.931 bits per heavy atom. The summed E-state index contributed by atoms with van der Waals surface area (Å²) in [5, 5.41) is 0. The molecule has 0 amide bonds. The van der Waals surface area contributed by atoms with Crippen LogP contribution >= 0.6 is 0 Å². The van der Waals surface area contributed by atoms with Crippen LogP contribution in [0.5, 0.6) is 11.5 Å². The molecule has 5 atom stereocenters. The molecule has 6 rings (SSSR count). The van der Waals surface area contributed by atoms with E-state index in [4.69, 9.17) is 23.7 Å². The minimum atomic E-state index is -5.24. The molecule has 1 spiro atoms. The van der Waals surface area contributed by atoms with Crippen molar-refractivity contribution >= 4 is 17.9 Å². The second-order valence-electron chi connectivity index (χ2n) is 16.2. The van der Waals surface area contributed by atoms with Crippen LogP contribution < -0.4 is 9.47 Å². The quantitative estimate of drug-likeness (QED) is 0.0528. The van der Waals surface area contributed by atoms with Gasteiger partial charge in [-0.3, -0.25) is 9.69 Å². The number of likely N-dealkylation sites (tertiary alicyclic amines) is 1. The molecule has 2 aromatic carbocycles. The van der Waals surface area contributed by atoms with E-state index in [0.717, 1.165) is 44.1 Å². The van der Waals surface area contributed by atoms with Gasteiger partial charge in [-0.15, -0.1) is 0 Å². The zero-order chi connectivity index (χ0) is 41.3. The fourth-order valence-corrected chi connectivity index (χ4v) is 9.56. The molecule has 58 heavy (non-hydrogen) atoms. The first-order valence-corrected chi connectivity index (χ1v) is 21.2. The van der Waals surface area contributed by atoms with Gasteiger partial charge in [-0.1, -0.05) is 107 Å². The molecule has 4 aliphatic rings. The van der Waals surface area contributed by atoms with Crippen LogP contribution in [0.3, 0.4) is 0 Å². The number of ether oxygens (including phenoxy) is 5. The van der Waals surface area contributed by atoms with Gasteiger partial charge in [-0.25, -0.2) is 9.59 Å². The maximum absolute atomic E-state index is 14.2. The van der Waals surface area contributed by atoms with E-state index in [1.165, 1.54) is 51.7 Å². The SMILES string of the molecule is CCCCCCCC/C=C\CCCCCCCC(=O)O[C@H](C(=O)OC1=CC[C@@]2(OC(=O)C(F)(F)F)C3Cc4ccc(OC)c5c4[C@@]2(CCN3C)[C@H]1O5)c1ccccc1. The lowest BCUT2D eigenvalue weighted by atomic mass is 9.50. The van der Waals surface area contributed by atoms with Crippen molar-refractivity contribution in [3.8, 4) is 11.5 Å². The first-order valence-electron chi connectivity index (χ1n) is 21.2. The van der Waals surface area contributed by atoms with Gasteiger partial charge < -0.3 is 23.7 Å². The number of hydrogen-bond acceptors (Lipinski definition) is 9. The molecular formula is C46H58F3NO8. The van der Waals surface area contributed by atoms with E-state index in [1.54, 1.807) is 43.4 Å². The van der Waals surface area contributed by atoms with Crippen molar-refractivity contribution in [1.29, 1.82) is 0 Å². The van der Waals surface area contributed by atoms with Crippen LogP contribution in [-0.2, 0) is 40.4 Å². The highest BCUT2D eigenvalue weighted by molar-refractivity contribution is 5.82. The lowest BCUT2D eigenvalue weighted by Crippen LogP contribution is -2.76. The number of benzene rings is 2. The van der Waals surface area contributed by atoms with E-state index in [1.807, 2.05) is 11.0 Å². The zero-order valence-electron chi connectivity index (χ0n) is 34.1. The van der Waals surface area contributed by atoms with Crippen LogP contribution in [0.4, 0.5) is 13.2 Å². The summed E-state index contributed by atoms with van der Waals surface area (Å²) in [5.41, 5.74) is -1.20. The number of esters is 3. The first-order chi connectivity index (χ1) is 28.0. The molecule has 2 bridgehead atoms. The number of rotatable bonds is 21. The largest absolute Gasteiger partial charge is 0.493 e. The summed E-state index contributed by atoms with van der Waals surface area (Å²) in [4.78, 5) is 42.0. The number of piperidine rings is 1. The third-order valence-corrected chi connectivity index (χ3v) is 12.5. The smallest absolute Gasteiger partial charge is 0.490 e. The van der Waals surface area contributed by atoms with E-state index in [2.05, 4.69) is 19.1 Å². The summed E-state index contributed by atoms with van der Waals surface area (Å²) in [6.45, 7) is 2.69. The average Bonchev–Trinajstić information content (AvgIpc) is 3.56. The molecule has 1 fully saturated rings. The highest BCUT2D eigenvalue weighted by Crippen LogP contribution is 2.67. The van der Waals surface area contributed by atoms with Crippen LogP contribution in [0, 0.1) is 0 Å². The third kappa shape index (κ3) is 8.97. The number of halogens is 3. The fraction of sp³-hybridized carbons (Fsp3) is 0.587. The highest BCUT2D eigenvalue weighted by Gasteiger charge is 2.75. The lowest BCUT2D eigenvalue weighted by Gasteiger charge is -2.62. The maximum Gasteiger partial charge on any atom is 0.490 e. The molecule has 9 nitrogen and oxygen atoms in total. The normalized spacial score (nSPS) is 23.7. The molecule has 2 aromatic rings. The van der Waals surface area contributed by atoms with Crippen LogP contribution in [0.25, 0.3) is 0 Å². The third-order valence-electron chi connectivity index (χ3n) is 12.5. The van der Waals surface area contributed by atoms with Crippen LogP contribution in [-0.4, -0.2) is 67.4 Å². The standard InChI is InChI=1S/C46H58F3NO8/c1-4-5-6-7-8-9-10-11-12-13-14-15-16-17-21-24-37(51)56-39(32-22-19-18-20-23-32)42(52)55-35-27-28-45(58-43(53)46(47,48)49)36-31-33-25-26-34(54-3)40-38(33)44(45,41(35)57-40)29-30-50(36)2/h11-12,18-20,22-23,25-27,36,39,41H,4-10,13-17,21,24,28-31H2,1-3H3/b12-11-/t36?,39-,41-,44-,45+/m0/s1. The number of likely N-dealkylation sites (N-methyl/N-ethyl adjacent to an activating group) is 1. The van der Waals surface area contributed by atoms with Crippen molar-refractivity contribution in [3.05, 3.63) is 83.1 Å². The number of hydrogen-bond donors (Lipinski definition) is 0. The van der Waals surface area contributed by atoms with Crippen molar-refractivity contribution in [2.24, 2.45) is 0 Å². The van der Waals surface area contributed by atoms with Gasteiger partial charge in [0, 0.05) is 24.0 Å². The lowest BCUT2D eigenvalue weighted by molar-refractivity contribution is -0.242. The summed E-state index contributed by atoms with van der Waals surface area (Å²) < 4.78 is 71.6. The number of unbranched alkanes of at least 4 members (excludes halogenated alkanes) is 11. The van der Waals surface area contributed by atoms with E-state index >= 15 is 0 Å². The Morgan fingerprint density at radius 3 is 2.28 bits per heavy atom. The summed E-state index contributed by atoms with van der Waals surface area (Å²) in [6, 6.07) is 11.5. The molecule has 2 heterocycles. The van der Waals surface area contributed by atoms with E-state index < -0.39 is 53.4 Å². The van der Waals surface area contributed by atoms with Crippen molar-refractivity contribution in [1.82, 2.24) is 4.90 Å². The number of carbonyl (C=O) groups excluding carboxylic acids is 3. The van der Waals surface area contributed by atoms with Gasteiger partial charge in [0.1, 0.15) is 11.4 Å². The Kier molecular flexibility index (Phi) is 14.3. The summed E-state index contributed by atoms with van der Waals surface area (Å²) >= 11 is 0. The Bertz CT molecular complexity index is 1810. The minimum Gasteiger partial charge on any atom is -0.493 e. The van der Waals surface area contributed by atoms with Gasteiger partial charge in [0.15, 0.2) is 17.6 Å². The van der Waals surface area contributed by atoms with Gasteiger partial charge >= 0.3 is 24.1 Å². The molecule has 0 aromatic heterocycles. The van der Waals surface area contributed by atoms with Crippen LogP contribution in [0.15, 0.2) is 66.5 Å². The van der Waals surface area contributed by atoms with Gasteiger partial charge in [0.05, 0.1) is 18.6 Å². The first kappa shape index (κ1) is 43.3. The zero-order valence-corrected chi connectivity index (χ0v) is 34.1. The number of nitrogens with zero attached hydrogens (tertiary/aromatic N) is 1. The maximum atomic E-state index is 14.2. The Morgan fingerprint density at radius 2 is 1.60 bits per heavy atom. The number of methoxy groups -OCH3 is 1. The average molecular weight is 810 g/mol. The second kappa shape index (κ2) is 19.2. The highest BCUT2D eigenvalue weighted by atomic mass is 19.4. The molecule has 0 N–H and O–H groups in total. The Hall–Kier alpha value is -4.32. The Labute approximate surface area is 340 Å². The van der Waals surface area contributed by atoms with Gasteiger partial charge in [-0.05, 0) is 76.2 Å². The Balaban J connectivity index is 1.11. The second-order valence-corrected chi connectivity index (χ2v) is 16.2. The topological polar surface area (TPSA) is 101 Å². The van der Waals surface area contributed by atoms with Crippen LogP contribution in [0.2, 0.25) is 0 Å². The molecule has 0 radical (unpaired) electrons. The molecule has 0 saturated carbocycles. The van der Waals surface area contributed by atoms with Gasteiger partial charge in [-0.2, -0.15) is 13.2 Å². The molecule has 1 saturated heterocycles. The summed E-state index contributed by atoms with van der Waals surface area (Å²) in [5.74, 6) is -2.99. The van der Waals surface area contributed by atoms with Crippen molar-refractivity contribution in [2.45, 2.75) is 152 Å². The van der Waals surface area contributed by atoms with Gasteiger partial charge in [0.2, 0.25) is 6.10 Å². The monoisotopic (exact) mass is 809 g/mol. The molecular weight excluding hydrogens is 751 g/mol. The van der Waals surface area contributed by atoms with Crippen molar-refractivity contribution in [3.63, 3.8) is 0 Å². The van der Waals surface area contributed by atoms with Crippen molar-refractivity contribution in [2.75, 3.05) is 20.7 Å². The van der Waals surface area contributed by atoms with E-state index in [0.29, 0.717) is 42.0 Å². The van der Waals surface area contributed by atoms with Crippen molar-refractivity contribution < 1.29 is 51.2 Å². The predicted molar refractivity (Wildman–Crippen MR) is 212 cm³/mol. The minimum absolute atomic E-state index is 0.0484. The van der Waals surface area contributed by atoms with Gasteiger partial charge in [0.25, 0.3) is 0 Å².